The monoisotopic (exact) mass is 941 g/mol. The first-order valence-corrected chi connectivity index (χ1v) is 18.9. The number of hydrogen-bond donors (Lipinski definition) is 4. The molecule has 2 aromatic carbocycles. The SMILES string of the molecule is CN(c1ccc(C(=O)O)c2[nH]c(I)cc12)C1CN(C(=O)OC(C)(C)C)C1.CN(c1ccc(C(N)=O)c2[nH]c(I)cc12)C1CN(C(=O)OC(C)(C)C)C1. The standard InChI is InChI=1S/C18H23IN4O3.C18H22IN3O4/c1-18(2,3)26-17(25)23-8-10(9-23)22(4)13-6-5-11(16(20)24)15-12(13)7-14(19)21-15;1-18(2,3)26-17(25)22-8-10(9-22)21(4)13-6-5-11(16(23)24)15-12(13)7-14(19)20-15/h5-7,10,21H,8-9H2,1-4H3,(H2,20,24);5-7,10,20H,8-9H2,1-4H3,(H,23,24). The molecule has 2 aliphatic heterocycles. The predicted molar refractivity (Wildman–Crippen MR) is 218 cm³/mol. The Morgan fingerprint density at radius 3 is 1.44 bits per heavy atom. The van der Waals surface area contributed by atoms with Crippen LogP contribution in [0.3, 0.4) is 0 Å². The van der Waals surface area contributed by atoms with Gasteiger partial charge in [-0.1, -0.05) is 0 Å². The van der Waals surface area contributed by atoms with E-state index in [9.17, 15) is 24.3 Å². The van der Waals surface area contributed by atoms with E-state index in [1.807, 2.05) is 79.9 Å². The zero-order valence-corrected chi connectivity index (χ0v) is 34.8. The molecule has 2 aromatic heterocycles. The van der Waals surface area contributed by atoms with Gasteiger partial charge in [0.05, 0.1) is 41.6 Å². The number of fused-ring (bicyclic) bond motifs is 2. The minimum absolute atomic E-state index is 0.161. The first-order valence-electron chi connectivity index (χ1n) is 16.7. The van der Waals surface area contributed by atoms with Crippen molar-refractivity contribution in [2.45, 2.75) is 64.8 Å². The average molecular weight is 942 g/mol. The van der Waals surface area contributed by atoms with Crippen LogP contribution in [0.2, 0.25) is 0 Å². The van der Waals surface area contributed by atoms with Gasteiger partial charge in [-0.15, -0.1) is 0 Å². The van der Waals surface area contributed by atoms with Gasteiger partial charge in [0.2, 0.25) is 0 Å². The third-order valence-corrected chi connectivity index (χ3v) is 10.0. The number of H-pyrrole nitrogens is 2. The van der Waals surface area contributed by atoms with Crippen molar-refractivity contribution in [2.24, 2.45) is 5.73 Å². The van der Waals surface area contributed by atoms with Crippen LogP contribution in [0.1, 0.15) is 62.3 Å². The summed E-state index contributed by atoms with van der Waals surface area (Å²) in [6.45, 7) is 13.5. The number of carbonyl (C=O) groups excluding carboxylic acids is 3. The second-order valence-corrected chi connectivity index (χ2v) is 17.4. The van der Waals surface area contributed by atoms with Gasteiger partial charge in [-0.3, -0.25) is 4.79 Å². The highest BCUT2D eigenvalue weighted by Gasteiger charge is 2.38. The molecule has 2 saturated heterocycles. The smallest absolute Gasteiger partial charge is 0.410 e. The number of primary amides is 1. The molecule has 0 spiro atoms. The fourth-order valence-corrected chi connectivity index (χ4v) is 7.25. The molecule has 5 N–H and O–H groups in total. The van der Waals surface area contributed by atoms with Crippen molar-refractivity contribution < 1.29 is 33.8 Å². The van der Waals surface area contributed by atoms with E-state index in [4.69, 9.17) is 15.2 Å². The zero-order valence-electron chi connectivity index (χ0n) is 30.5. The number of nitrogens with two attached hydrogens (primary N) is 1. The normalized spacial score (nSPS) is 15.0. The number of nitrogens with zero attached hydrogens (tertiary/aromatic N) is 4. The van der Waals surface area contributed by atoms with Crippen LogP contribution in [0.4, 0.5) is 21.0 Å². The summed E-state index contributed by atoms with van der Waals surface area (Å²) in [5, 5.41) is 11.2. The lowest BCUT2D eigenvalue weighted by Gasteiger charge is -2.45. The van der Waals surface area contributed by atoms with Crippen LogP contribution in [0.15, 0.2) is 36.4 Å². The fraction of sp³-hybridized carbons (Fsp3) is 0.444. The summed E-state index contributed by atoms with van der Waals surface area (Å²) in [5.74, 6) is -1.41. The number of carboxylic acids is 1. The quantitative estimate of drug-likeness (QED) is 0.158. The van der Waals surface area contributed by atoms with Crippen molar-refractivity contribution in [2.75, 3.05) is 50.1 Å². The Morgan fingerprint density at radius 2 is 1.10 bits per heavy atom. The topological polar surface area (TPSA) is 178 Å². The van der Waals surface area contributed by atoms with Crippen molar-refractivity contribution in [1.29, 1.82) is 0 Å². The Labute approximate surface area is 329 Å². The van der Waals surface area contributed by atoms with E-state index in [0.717, 1.165) is 35.1 Å². The average Bonchev–Trinajstić information content (AvgIpc) is 3.54. The molecule has 52 heavy (non-hydrogen) atoms. The number of ether oxygens (including phenoxy) is 2. The van der Waals surface area contributed by atoms with Crippen LogP contribution in [-0.2, 0) is 9.47 Å². The maximum absolute atomic E-state index is 12.1. The number of amides is 3. The van der Waals surface area contributed by atoms with Gasteiger partial charge in [0.1, 0.15) is 11.2 Å². The number of benzene rings is 2. The van der Waals surface area contributed by atoms with Crippen LogP contribution >= 0.6 is 45.2 Å². The van der Waals surface area contributed by atoms with E-state index in [0.29, 0.717) is 37.3 Å². The van der Waals surface area contributed by atoms with Crippen molar-refractivity contribution in [3.05, 3.63) is 54.9 Å². The highest BCUT2D eigenvalue weighted by molar-refractivity contribution is 14.1. The number of nitrogens with one attached hydrogen (secondary N) is 2. The van der Waals surface area contributed by atoms with Gasteiger partial charge < -0.3 is 49.9 Å². The van der Waals surface area contributed by atoms with E-state index in [2.05, 4.69) is 64.9 Å². The van der Waals surface area contributed by atoms with Crippen LogP contribution in [0.25, 0.3) is 21.8 Å². The summed E-state index contributed by atoms with van der Waals surface area (Å²) in [7, 11) is 3.96. The lowest BCUT2D eigenvalue weighted by atomic mass is 10.0. The molecule has 0 saturated carbocycles. The predicted octanol–water partition coefficient (Wildman–Crippen LogP) is 6.45. The van der Waals surface area contributed by atoms with E-state index >= 15 is 0 Å². The number of carboxylic acid groups (broad SMARTS) is 1. The van der Waals surface area contributed by atoms with Gasteiger partial charge in [0.15, 0.2) is 0 Å². The Morgan fingerprint density at radius 1 is 0.731 bits per heavy atom. The minimum atomic E-state index is -0.956. The molecular formula is C36H45I2N7O7. The van der Waals surface area contributed by atoms with Gasteiger partial charge in [-0.05, 0) is 123 Å². The van der Waals surface area contributed by atoms with Crippen molar-refractivity contribution >= 4 is 102 Å². The Kier molecular flexibility index (Phi) is 11.2. The molecule has 0 bridgehead atoms. The first kappa shape index (κ1) is 39.3. The van der Waals surface area contributed by atoms with Crippen LogP contribution in [-0.4, -0.2) is 112 Å². The molecule has 2 fully saturated rings. The summed E-state index contributed by atoms with van der Waals surface area (Å²) in [5.41, 5.74) is 8.52. The maximum Gasteiger partial charge on any atom is 0.410 e. The Balaban J connectivity index is 0.000000201. The number of rotatable bonds is 6. The summed E-state index contributed by atoms with van der Waals surface area (Å²) < 4.78 is 12.6. The largest absolute Gasteiger partial charge is 0.478 e. The number of carbonyl (C=O) groups is 4. The molecule has 4 aromatic rings. The molecule has 16 heteroatoms. The maximum atomic E-state index is 12.1. The van der Waals surface area contributed by atoms with Crippen LogP contribution in [0.5, 0.6) is 0 Å². The van der Waals surface area contributed by atoms with E-state index < -0.39 is 23.1 Å². The van der Waals surface area contributed by atoms with Crippen molar-refractivity contribution in [1.82, 2.24) is 19.8 Å². The number of likely N-dealkylation sites (N-methyl/N-ethyl adjacent to an activating group) is 2. The lowest BCUT2D eigenvalue weighted by Crippen LogP contribution is -2.61. The number of aromatic nitrogens is 2. The van der Waals surface area contributed by atoms with Gasteiger partial charge in [0.25, 0.3) is 5.91 Å². The molecule has 2 aliphatic rings. The number of halogens is 2. The first-order chi connectivity index (χ1) is 24.1. The van der Waals surface area contributed by atoms with Gasteiger partial charge in [0, 0.05) is 62.4 Å². The van der Waals surface area contributed by atoms with E-state index in [-0.39, 0.29) is 29.8 Å². The zero-order chi connectivity index (χ0) is 38.4. The van der Waals surface area contributed by atoms with Gasteiger partial charge >= 0.3 is 18.2 Å². The molecule has 14 nitrogen and oxygen atoms in total. The van der Waals surface area contributed by atoms with E-state index in [1.54, 1.807) is 21.9 Å². The second-order valence-electron chi connectivity index (χ2n) is 15.0. The Hall–Kier alpha value is -3.94. The highest BCUT2D eigenvalue weighted by Crippen LogP contribution is 2.34. The van der Waals surface area contributed by atoms with Crippen LogP contribution in [0, 0.1) is 7.40 Å². The number of anilines is 2. The Bertz CT molecular complexity index is 1870. The summed E-state index contributed by atoms with van der Waals surface area (Å²) in [6, 6.07) is 11.4. The summed E-state index contributed by atoms with van der Waals surface area (Å²) in [4.78, 5) is 61.3. The summed E-state index contributed by atoms with van der Waals surface area (Å²) in [6.07, 6.45) is -0.586. The molecule has 0 aliphatic carbocycles. The number of hydrogen-bond acceptors (Lipinski definition) is 8. The molecule has 0 radical (unpaired) electrons. The van der Waals surface area contributed by atoms with Crippen molar-refractivity contribution in [3.8, 4) is 0 Å². The highest BCUT2D eigenvalue weighted by atomic mass is 127. The molecule has 6 rings (SSSR count). The molecule has 0 atom stereocenters. The van der Waals surface area contributed by atoms with Crippen molar-refractivity contribution in [3.63, 3.8) is 0 Å². The van der Waals surface area contributed by atoms with Gasteiger partial charge in [-0.25, -0.2) is 14.4 Å². The third kappa shape index (κ3) is 8.64. The second kappa shape index (κ2) is 14.8. The number of aromatic carboxylic acids is 1. The minimum Gasteiger partial charge on any atom is -0.478 e. The molecule has 0 unspecified atom stereocenters. The number of aromatic amines is 2. The van der Waals surface area contributed by atoms with Gasteiger partial charge in [-0.2, -0.15) is 0 Å². The number of likely N-dealkylation sites (tertiary alicyclic amines) is 2. The van der Waals surface area contributed by atoms with E-state index in [1.165, 1.54) is 0 Å². The molecule has 3 amide bonds. The summed E-state index contributed by atoms with van der Waals surface area (Å²) >= 11 is 4.32. The van der Waals surface area contributed by atoms with Crippen LogP contribution < -0.4 is 15.5 Å². The fourth-order valence-electron chi connectivity index (χ4n) is 6.09. The molecule has 4 heterocycles. The lowest BCUT2D eigenvalue weighted by molar-refractivity contribution is 0.00762. The molecular weight excluding hydrogens is 896 g/mol. The third-order valence-electron chi connectivity index (χ3n) is 8.86. The molecule has 280 valence electrons.